The zero-order valence-electron chi connectivity index (χ0n) is 14.9. The van der Waals surface area contributed by atoms with Gasteiger partial charge in [0.25, 0.3) is 0 Å². The Morgan fingerprint density at radius 1 is 0.960 bits per heavy atom. The van der Waals surface area contributed by atoms with Crippen molar-refractivity contribution >= 4 is 36.3 Å². The zero-order chi connectivity index (χ0) is 19.7. The molecule has 0 bridgehead atoms. The summed E-state index contributed by atoms with van der Waals surface area (Å²) >= 11 is 3.84. The van der Waals surface area contributed by atoms with Gasteiger partial charge in [-0.2, -0.15) is 12.6 Å². The van der Waals surface area contributed by atoms with E-state index >= 15 is 0 Å². The van der Waals surface area contributed by atoms with Gasteiger partial charge in [-0.3, -0.25) is 14.4 Å². The molecule has 0 aliphatic heterocycles. The highest BCUT2D eigenvalue weighted by Crippen LogP contribution is 2.05. The van der Waals surface area contributed by atoms with Crippen molar-refractivity contribution in [2.45, 2.75) is 58.3 Å². The van der Waals surface area contributed by atoms with Gasteiger partial charge in [0.15, 0.2) is 0 Å². The highest BCUT2D eigenvalue weighted by atomic mass is 32.1. The van der Waals surface area contributed by atoms with Gasteiger partial charge < -0.3 is 26.8 Å². The Hall–Kier alpha value is -1.81. The molecule has 0 heterocycles. The number of carboxylic acid groups (broad SMARTS) is 1. The number of aliphatic carboxylic acids is 1. The molecule has 10 heteroatoms. The molecule has 0 saturated carbocycles. The molecule has 3 amide bonds. The average Bonchev–Trinajstić information content (AvgIpc) is 2.56. The normalized spacial score (nSPS) is 16.7. The van der Waals surface area contributed by atoms with Crippen molar-refractivity contribution in [3.63, 3.8) is 0 Å². The molecule has 0 aromatic heterocycles. The van der Waals surface area contributed by atoms with Gasteiger partial charge >= 0.3 is 5.97 Å². The van der Waals surface area contributed by atoms with Crippen LogP contribution in [0.4, 0.5) is 0 Å². The Bertz CT molecular complexity index is 502. The first kappa shape index (κ1) is 23.2. The van der Waals surface area contributed by atoms with E-state index in [0.29, 0.717) is 0 Å². The van der Waals surface area contributed by atoms with Crippen molar-refractivity contribution in [3.05, 3.63) is 0 Å². The molecule has 9 nitrogen and oxygen atoms in total. The first-order valence-corrected chi connectivity index (χ1v) is 8.68. The Labute approximate surface area is 152 Å². The summed E-state index contributed by atoms with van der Waals surface area (Å²) in [7, 11) is 0. The van der Waals surface area contributed by atoms with Gasteiger partial charge in [0.1, 0.15) is 18.1 Å². The second-order valence-electron chi connectivity index (χ2n) is 5.95. The highest BCUT2D eigenvalue weighted by Gasteiger charge is 2.26. The van der Waals surface area contributed by atoms with Gasteiger partial charge in [0, 0.05) is 5.75 Å². The van der Waals surface area contributed by atoms with Crippen LogP contribution in [0, 0.1) is 5.92 Å². The Balaban J connectivity index is 4.58. The van der Waals surface area contributed by atoms with Crippen LogP contribution in [-0.4, -0.2) is 58.7 Å². The average molecular weight is 376 g/mol. The van der Waals surface area contributed by atoms with Crippen molar-refractivity contribution in [2.75, 3.05) is 5.75 Å². The molecule has 0 aromatic rings. The van der Waals surface area contributed by atoms with Crippen molar-refractivity contribution < 1.29 is 24.3 Å². The number of carboxylic acids is 1. The van der Waals surface area contributed by atoms with Gasteiger partial charge in [-0.05, 0) is 19.8 Å². The fraction of sp³-hybridized carbons (Fsp3) is 0.733. The van der Waals surface area contributed by atoms with E-state index in [1.54, 1.807) is 0 Å². The number of nitrogens with two attached hydrogens (primary N) is 1. The minimum Gasteiger partial charge on any atom is -0.480 e. The fourth-order valence-electron chi connectivity index (χ4n) is 1.77. The third kappa shape index (κ3) is 7.74. The van der Waals surface area contributed by atoms with E-state index in [1.807, 2.05) is 13.8 Å². The number of hydrogen-bond donors (Lipinski definition) is 6. The lowest BCUT2D eigenvalue weighted by Gasteiger charge is -2.22. The topological polar surface area (TPSA) is 151 Å². The van der Waals surface area contributed by atoms with Gasteiger partial charge in [-0.15, -0.1) is 0 Å². The maximum Gasteiger partial charge on any atom is 0.327 e. The standard InChI is InChI=1S/C15H28N4O5S/c1-5-7(2)11(16)14(22)18-8(3)12(20)17-9(4)13(21)19-10(6-25)15(23)24/h7-11,25H,5-6,16H2,1-4H3,(H,17,20)(H,18,22)(H,19,21)(H,23,24). The van der Waals surface area contributed by atoms with E-state index in [9.17, 15) is 19.2 Å². The number of carbonyl (C=O) groups excluding carboxylic acids is 3. The van der Waals surface area contributed by atoms with E-state index in [4.69, 9.17) is 10.8 Å². The van der Waals surface area contributed by atoms with E-state index in [1.165, 1.54) is 13.8 Å². The molecule has 0 aliphatic carbocycles. The van der Waals surface area contributed by atoms with E-state index in [-0.39, 0.29) is 11.7 Å². The Morgan fingerprint density at radius 3 is 1.80 bits per heavy atom. The second kappa shape index (κ2) is 10.9. The van der Waals surface area contributed by atoms with Crippen LogP contribution in [0.1, 0.15) is 34.1 Å². The van der Waals surface area contributed by atoms with Crippen LogP contribution in [0.3, 0.4) is 0 Å². The van der Waals surface area contributed by atoms with E-state index in [2.05, 4.69) is 28.6 Å². The summed E-state index contributed by atoms with van der Waals surface area (Å²) in [6.07, 6.45) is 0.724. The molecule has 0 spiro atoms. The SMILES string of the molecule is CCC(C)C(N)C(=O)NC(C)C(=O)NC(C)C(=O)NC(CS)C(=O)O. The minimum atomic E-state index is -1.22. The first-order chi connectivity index (χ1) is 11.5. The van der Waals surface area contributed by atoms with Crippen molar-refractivity contribution in [1.29, 1.82) is 0 Å². The smallest absolute Gasteiger partial charge is 0.327 e. The number of thiol groups is 1. The molecular weight excluding hydrogens is 348 g/mol. The molecule has 0 radical (unpaired) electrons. The number of rotatable bonds is 10. The van der Waals surface area contributed by atoms with Gasteiger partial charge in [0.2, 0.25) is 17.7 Å². The third-order valence-corrected chi connectivity index (χ3v) is 4.23. The number of nitrogens with one attached hydrogen (secondary N) is 3. The molecule has 0 saturated heterocycles. The Kier molecular flexibility index (Phi) is 10.1. The van der Waals surface area contributed by atoms with Crippen LogP contribution >= 0.6 is 12.6 Å². The number of amides is 3. The summed E-state index contributed by atoms with van der Waals surface area (Å²) in [5.41, 5.74) is 5.80. The molecule has 0 rings (SSSR count). The Morgan fingerprint density at radius 2 is 1.40 bits per heavy atom. The molecule has 5 atom stereocenters. The minimum absolute atomic E-state index is 0.0332. The van der Waals surface area contributed by atoms with Crippen LogP contribution < -0.4 is 21.7 Å². The third-order valence-electron chi connectivity index (χ3n) is 3.86. The molecule has 25 heavy (non-hydrogen) atoms. The van der Waals surface area contributed by atoms with Gasteiger partial charge in [0.05, 0.1) is 6.04 Å². The summed E-state index contributed by atoms with van der Waals surface area (Å²) in [5, 5.41) is 16.0. The van der Waals surface area contributed by atoms with Crippen LogP contribution in [-0.2, 0) is 19.2 Å². The first-order valence-electron chi connectivity index (χ1n) is 8.05. The van der Waals surface area contributed by atoms with E-state index < -0.39 is 47.9 Å². The number of carbonyl (C=O) groups is 4. The summed E-state index contributed by atoms with van der Waals surface area (Å²) in [6, 6.07) is -3.75. The van der Waals surface area contributed by atoms with Crippen molar-refractivity contribution in [1.82, 2.24) is 16.0 Å². The molecule has 0 fully saturated rings. The lowest BCUT2D eigenvalue weighted by molar-refractivity contribution is -0.141. The maximum absolute atomic E-state index is 12.1. The summed E-state index contributed by atoms with van der Waals surface area (Å²) in [4.78, 5) is 46.8. The van der Waals surface area contributed by atoms with Crippen molar-refractivity contribution in [3.8, 4) is 0 Å². The molecular formula is C15H28N4O5S. The molecule has 144 valence electrons. The number of hydrogen-bond acceptors (Lipinski definition) is 6. The van der Waals surface area contributed by atoms with Crippen LogP contribution in [0.5, 0.6) is 0 Å². The predicted molar refractivity (Wildman–Crippen MR) is 96.1 cm³/mol. The quantitative estimate of drug-likeness (QED) is 0.266. The van der Waals surface area contributed by atoms with Crippen LogP contribution in [0.15, 0.2) is 0 Å². The monoisotopic (exact) mass is 376 g/mol. The summed E-state index contributed by atoms with van der Waals surface area (Å²) in [5.74, 6) is -3.03. The van der Waals surface area contributed by atoms with Crippen LogP contribution in [0.25, 0.3) is 0 Å². The van der Waals surface area contributed by atoms with Crippen molar-refractivity contribution in [2.24, 2.45) is 11.7 Å². The maximum atomic E-state index is 12.1. The zero-order valence-corrected chi connectivity index (χ0v) is 15.8. The van der Waals surface area contributed by atoms with E-state index in [0.717, 1.165) is 6.42 Å². The van der Waals surface area contributed by atoms with Crippen LogP contribution in [0.2, 0.25) is 0 Å². The lowest BCUT2D eigenvalue weighted by Crippen LogP contribution is -2.56. The molecule has 6 N–H and O–H groups in total. The molecule has 5 unspecified atom stereocenters. The molecule has 0 aliphatic rings. The summed E-state index contributed by atoms with van der Waals surface area (Å²) in [6.45, 7) is 6.62. The highest BCUT2D eigenvalue weighted by molar-refractivity contribution is 7.80. The predicted octanol–water partition coefficient (Wildman–Crippen LogP) is -1.13. The lowest BCUT2D eigenvalue weighted by atomic mass is 9.99. The largest absolute Gasteiger partial charge is 0.480 e. The van der Waals surface area contributed by atoms with Gasteiger partial charge in [-0.1, -0.05) is 20.3 Å². The fourth-order valence-corrected chi connectivity index (χ4v) is 2.02. The summed E-state index contributed by atoms with van der Waals surface area (Å²) < 4.78 is 0. The second-order valence-corrected chi connectivity index (χ2v) is 6.32. The molecule has 0 aromatic carbocycles. The van der Waals surface area contributed by atoms with Gasteiger partial charge in [-0.25, -0.2) is 4.79 Å².